The first-order valence-electron chi connectivity index (χ1n) is 6.04. The van der Waals surface area contributed by atoms with Crippen LogP contribution in [0, 0.1) is 0 Å². The number of hydrogen-bond acceptors (Lipinski definition) is 4. The van der Waals surface area contributed by atoms with Crippen LogP contribution in [0.2, 0.25) is 5.02 Å². The predicted octanol–water partition coefficient (Wildman–Crippen LogP) is 1.82. The first-order chi connectivity index (χ1) is 9.11. The summed E-state index contributed by atoms with van der Waals surface area (Å²) < 4.78 is 4.63. The first kappa shape index (κ1) is 13.8. The third-order valence-electron chi connectivity index (χ3n) is 3.02. The molecule has 0 saturated carbocycles. The molecule has 1 aromatic rings. The number of amides is 1. The van der Waals surface area contributed by atoms with Crippen molar-refractivity contribution in [3.05, 3.63) is 28.8 Å². The molecule has 1 aliphatic heterocycles. The second-order valence-electron chi connectivity index (χ2n) is 4.32. The molecule has 6 heteroatoms. The van der Waals surface area contributed by atoms with Crippen LogP contribution in [0.25, 0.3) is 0 Å². The summed E-state index contributed by atoms with van der Waals surface area (Å²) in [4.78, 5) is 23.4. The normalized spacial score (nSPS) is 18.1. The Morgan fingerprint density at radius 1 is 1.47 bits per heavy atom. The molecule has 0 aromatic heterocycles. The van der Waals surface area contributed by atoms with Gasteiger partial charge in [-0.25, -0.2) is 4.79 Å². The highest BCUT2D eigenvalue weighted by Gasteiger charge is 2.22. The SMILES string of the molecule is COC(=O)c1ccc(Cl)c(NC(=O)[C@@H]2CCCN2)c1. The van der Waals surface area contributed by atoms with Crippen molar-refractivity contribution in [3.8, 4) is 0 Å². The van der Waals surface area contributed by atoms with E-state index in [-0.39, 0.29) is 11.9 Å². The van der Waals surface area contributed by atoms with Gasteiger partial charge in [0.15, 0.2) is 0 Å². The lowest BCUT2D eigenvalue weighted by molar-refractivity contribution is -0.117. The lowest BCUT2D eigenvalue weighted by atomic mass is 10.1. The Labute approximate surface area is 116 Å². The van der Waals surface area contributed by atoms with Crippen molar-refractivity contribution in [2.45, 2.75) is 18.9 Å². The van der Waals surface area contributed by atoms with Gasteiger partial charge in [0.05, 0.1) is 29.4 Å². The lowest BCUT2D eigenvalue weighted by Gasteiger charge is -2.13. The van der Waals surface area contributed by atoms with E-state index in [1.54, 1.807) is 12.1 Å². The van der Waals surface area contributed by atoms with Gasteiger partial charge in [0.2, 0.25) is 5.91 Å². The van der Waals surface area contributed by atoms with Crippen LogP contribution in [0.3, 0.4) is 0 Å². The van der Waals surface area contributed by atoms with Crippen molar-refractivity contribution in [3.63, 3.8) is 0 Å². The zero-order valence-electron chi connectivity index (χ0n) is 10.5. The van der Waals surface area contributed by atoms with Crippen molar-refractivity contribution < 1.29 is 14.3 Å². The number of carbonyl (C=O) groups is 2. The molecule has 5 nitrogen and oxygen atoms in total. The van der Waals surface area contributed by atoms with E-state index < -0.39 is 5.97 Å². The maximum atomic E-state index is 12.0. The molecule has 0 unspecified atom stereocenters. The number of anilines is 1. The second kappa shape index (κ2) is 6.04. The number of rotatable bonds is 3. The highest BCUT2D eigenvalue weighted by atomic mass is 35.5. The molecular weight excluding hydrogens is 268 g/mol. The second-order valence-corrected chi connectivity index (χ2v) is 4.73. The molecule has 102 valence electrons. The molecule has 0 bridgehead atoms. The molecule has 0 radical (unpaired) electrons. The van der Waals surface area contributed by atoms with Crippen molar-refractivity contribution in [2.24, 2.45) is 0 Å². The van der Waals surface area contributed by atoms with Gasteiger partial charge in [0.1, 0.15) is 0 Å². The Kier molecular flexibility index (Phi) is 4.39. The van der Waals surface area contributed by atoms with Gasteiger partial charge in [-0.1, -0.05) is 11.6 Å². The number of hydrogen-bond donors (Lipinski definition) is 2. The Morgan fingerprint density at radius 2 is 2.26 bits per heavy atom. The van der Waals surface area contributed by atoms with Gasteiger partial charge in [-0.2, -0.15) is 0 Å². The Bertz CT molecular complexity index is 499. The maximum Gasteiger partial charge on any atom is 0.337 e. The van der Waals surface area contributed by atoms with Crippen LogP contribution in [0.5, 0.6) is 0 Å². The quantitative estimate of drug-likeness (QED) is 0.830. The Morgan fingerprint density at radius 3 is 2.89 bits per heavy atom. The molecule has 1 aliphatic rings. The molecule has 1 fully saturated rings. The fraction of sp³-hybridized carbons (Fsp3) is 0.385. The summed E-state index contributed by atoms with van der Waals surface area (Å²) >= 11 is 6.01. The molecule has 1 aromatic carbocycles. The fourth-order valence-corrected chi connectivity index (χ4v) is 2.16. The molecule has 1 atom stereocenters. The van der Waals surface area contributed by atoms with E-state index in [0.29, 0.717) is 16.3 Å². The fourth-order valence-electron chi connectivity index (χ4n) is 1.99. The molecule has 0 spiro atoms. The van der Waals surface area contributed by atoms with E-state index in [4.69, 9.17) is 11.6 Å². The maximum absolute atomic E-state index is 12.0. The minimum Gasteiger partial charge on any atom is -0.465 e. The van der Waals surface area contributed by atoms with E-state index in [1.807, 2.05) is 0 Å². The average Bonchev–Trinajstić information content (AvgIpc) is 2.94. The molecule has 2 N–H and O–H groups in total. The van der Waals surface area contributed by atoms with E-state index in [2.05, 4.69) is 15.4 Å². The standard InChI is InChI=1S/C13H15ClN2O3/c1-19-13(18)8-4-5-9(14)11(7-8)16-12(17)10-3-2-6-15-10/h4-5,7,10,15H,2-3,6H2,1H3,(H,16,17)/t10-/m0/s1. The van der Waals surface area contributed by atoms with Crippen LogP contribution in [0.4, 0.5) is 5.69 Å². The summed E-state index contributed by atoms with van der Waals surface area (Å²) in [6.07, 6.45) is 1.79. The summed E-state index contributed by atoms with van der Waals surface area (Å²) in [5.41, 5.74) is 0.768. The molecule has 2 rings (SSSR count). The number of carbonyl (C=O) groups excluding carboxylic acids is 2. The van der Waals surface area contributed by atoms with Crippen molar-refractivity contribution in [1.29, 1.82) is 0 Å². The summed E-state index contributed by atoms with van der Waals surface area (Å²) in [6.45, 7) is 0.841. The van der Waals surface area contributed by atoms with Crippen molar-refractivity contribution >= 4 is 29.2 Å². The summed E-state index contributed by atoms with van der Waals surface area (Å²) in [5, 5.41) is 6.22. The zero-order chi connectivity index (χ0) is 13.8. The van der Waals surface area contributed by atoms with Gasteiger partial charge < -0.3 is 15.4 Å². The van der Waals surface area contributed by atoms with Gasteiger partial charge in [0, 0.05) is 0 Å². The summed E-state index contributed by atoms with van der Waals surface area (Å²) in [7, 11) is 1.30. The van der Waals surface area contributed by atoms with Gasteiger partial charge in [-0.05, 0) is 37.6 Å². The molecular formula is C13H15ClN2O3. The van der Waals surface area contributed by atoms with Crippen LogP contribution in [0.1, 0.15) is 23.2 Å². The topological polar surface area (TPSA) is 67.4 Å². The van der Waals surface area contributed by atoms with E-state index in [0.717, 1.165) is 19.4 Å². The van der Waals surface area contributed by atoms with Gasteiger partial charge >= 0.3 is 5.97 Å². The Balaban J connectivity index is 2.14. The number of esters is 1. The molecule has 1 heterocycles. The number of methoxy groups -OCH3 is 1. The van der Waals surface area contributed by atoms with Crippen molar-refractivity contribution in [1.82, 2.24) is 5.32 Å². The predicted molar refractivity (Wildman–Crippen MR) is 72.4 cm³/mol. The number of halogens is 1. The molecule has 19 heavy (non-hydrogen) atoms. The number of ether oxygens (including phenoxy) is 1. The largest absolute Gasteiger partial charge is 0.465 e. The van der Waals surface area contributed by atoms with Crippen LogP contribution in [-0.4, -0.2) is 31.6 Å². The van der Waals surface area contributed by atoms with Crippen LogP contribution in [-0.2, 0) is 9.53 Å². The smallest absolute Gasteiger partial charge is 0.337 e. The van der Waals surface area contributed by atoms with E-state index in [9.17, 15) is 9.59 Å². The highest BCUT2D eigenvalue weighted by Crippen LogP contribution is 2.24. The molecule has 1 amide bonds. The third kappa shape index (κ3) is 3.24. The van der Waals surface area contributed by atoms with E-state index >= 15 is 0 Å². The number of nitrogens with one attached hydrogen (secondary N) is 2. The molecule has 0 aliphatic carbocycles. The summed E-state index contributed by atoms with van der Waals surface area (Å²) in [6, 6.07) is 4.43. The minimum atomic E-state index is -0.467. The van der Waals surface area contributed by atoms with E-state index in [1.165, 1.54) is 13.2 Å². The van der Waals surface area contributed by atoms with Crippen LogP contribution < -0.4 is 10.6 Å². The first-order valence-corrected chi connectivity index (χ1v) is 6.41. The zero-order valence-corrected chi connectivity index (χ0v) is 11.3. The highest BCUT2D eigenvalue weighted by molar-refractivity contribution is 6.34. The summed E-state index contributed by atoms with van der Waals surface area (Å²) in [5.74, 6) is -0.604. The molecule has 1 saturated heterocycles. The average molecular weight is 283 g/mol. The lowest BCUT2D eigenvalue weighted by Crippen LogP contribution is -2.35. The number of benzene rings is 1. The van der Waals surface area contributed by atoms with Gasteiger partial charge in [-0.3, -0.25) is 4.79 Å². The third-order valence-corrected chi connectivity index (χ3v) is 3.35. The van der Waals surface area contributed by atoms with Crippen LogP contribution in [0.15, 0.2) is 18.2 Å². The van der Waals surface area contributed by atoms with Crippen LogP contribution >= 0.6 is 11.6 Å². The minimum absolute atomic E-state index is 0.138. The van der Waals surface area contributed by atoms with Crippen molar-refractivity contribution in [2.75, 3.05) is 19.0 Å². The van der Waals surface area contributed by atoms with Gasteiger partial charge in [0.25, 0.3) is 0 Å². The van der Waals surface area contributed by atoms with Gasteiger partial charge in [-0.15, -0.1) is 0 Å². The monoisotopic (exact) mass is 282 g/mol. The Hall–Kier alpha value is -1.59.